The number of fused-ring (bicyclic) bond motifs is 1. The highest BCUT2D eigenvalue weighted by molar-refractivity contribution is 6.38. The van der Waals surface area contributed by atoms with E-state index in [2.05, 4.69) is 10.3 Å². The number of rotatable bonds is 5. The van der Waals surface area contributed by atoms with Crippen molar-refractivity contribution in [3.05, 3.63) is 38.9 Å². The van der Waals surface area contributed by atoms with Crippen molar-refractivity contribution in [2.24, 2.45) is 0 Å². The molecule has 7 heteroatoms. The van der Waals surface area contributed by atoms with E-state index >= 15 is 0 Å². The van der Waals surface area contributed by atoms with Crippen molar-refractivity contribution >= 4 is 40.0 Å². The molecule has 1 N–H and O–H groups in total. The largest absolute Gasteiger partial charge is 0.355 e. The predicted molar refractivity (Wildman–Crippen MR) is 83.9 cm³/mol. The Labute approximate surface area is 131 Å². The van der Waals surface area contributed by atoms with E-state index in [1.807, 2.05) is 6.92 Å². The van der Waals surface area contributed by atoms with Gasteiger partial charge in [-0.15, -0.1) is 0 Å². The molecular weight excluding hydrogens is 313 g/mol. The van der Waals surface area contributed by atoms with Gasteiger partial charge in [-0.3, -0.25) is 14.2 Å². The number of hydrogen-bond acceptors (Lipinski definition) is 3. The molecule has 1 heterocycles. The molecule has 2 rings (SSSR count). The first kappa shape index (κ1) is 15.8. The second-order valence-corrected chi connectivity index (χ2v) is 5.51. The molecule has 112 valence electrons. The summed E-state index contributed by atoms with van der Waals surface area (Å²) >= 11 is 11.9. The Kier molecular flexibility index (Phi) is 5.20. The summed E-state index contributed by atoms with van der Waals surface area (Å²) in [6, 6.07) is 3.03. The fourth-order valence-electron chi connectivity index (χ4n) is 1.92. The third kappa shape index (κ3) is 3.74. The number of carbonyl (C=O) groups excluding carboxylic acids is 1. The summed E-state index contributed by atoms with van der Waals surface area (Å²) in [5, 5.41) is 3.73. The number of benzene rings is 1. The van der Waals surface area contributed by atoms with Gasteiger partial charge >= 0.3 is 0 Å². The van der Waals surface area contributed by atoms with Crippen LogP contribution >= 0.6 is 23.2 Å². The molecule has 0 bridgehead atoms. The molecule has 0 saturated heterocycles. The van der Waals surface area contributed by atoms with E-state index < -0.39 is 0 Å². The monoisotopic (exact) mass is 327 g/mol. The highest BCUT2D eigenvalue weighted by Gasteiger charge is 2.11. The Bertz CT molecular complexity index is 728. The van der Waals surface area contributed by atoms with Gasteiger partial charge in [-0.05, 0) is 18.6 Å². The van der Waals surface area contributed by atoms with Crippen LogP contribution in [-0.4, -0.2) is 22.0 Å². The van der Waals surface area contributed by atoms with E-state index in [-0.39, 0.29) is 18.0 Å². The average molecular weight is 328 g/mol. The number of aromatic nitrogens is 2. The summed E-state index contributed by atoms with van der Waals surface area (Å²) in [6.07, 6.45) is 3.22. The molecule has 0 spiro atoms. The SMILES string of the molecule is CCCCNC(=O)Cn1cnc2c(Cl)cc(Cl)cc2c1=O. The molecule has 5 nitrogen and oxygen atoms in total. The first-order valence-corrected chi connectivity index (χ1v) is 7.39. The molecule has 0 fully saturated rings. The first-order valence-electron chi connectivity index (χ1n) is 6.63. The van der Waals surface area contributed by atoms with Crippen LogP contribution in [0.2, 0.25) is 10.0 Å². The van der Waals surface area contributed by atoms with Gasteiger partial charge < -0.3 is 5.32 Å². The standard InChI is InChI=1S/C14H15Cl2N3O2/c1-2-3-4-17-12(20)7-19-8-18-13-10(14(19)21)5-9(15)6-11(13)16/h5-6,8H,2-4,7H2,1H3,(H,17,20). The summed E-state index contributed by atoms with van der Waals surface area (Å²) in [6.45, 7) is 2.57. The fourth-order valence-corrected chi connectivity index (χ4v) is 2.46. The smallest absolute Gasteiger partial charge is 0.261 e. The molecular formula is C14H15Cl2N3O2. The van der Waals surface area contributed by atoms with Gasteiger partial charge in [0.05, 0.1) is 22.3 Å². The fraction of sp³-hybridized carbons (Fsp3) is 0.357. The Morgan fingerprint density at radius 3 is 2.86 bits per heavy atom. The molecule has 0 radical (unpaired) electrons. The molecule has 0 saturated carbocycles. The second kappa shape index (κ2) is 6.91. The Balaban J connectivity index is 2.28. The number of nitrogens with one attached hydrogen (secondary N) is 1. The molecule has 0 aliphatic rings. The van der Waals surface area contributed by atoms with Crippen molar-refractivity contribution in [3.63, 3.8) is 0 Å². The third-order valence-electron chi connectivity index (χ3n) is 3.01. The maximum absolute atomic E-state index is 12.3. The summed E-state index contributed by atoms with van der Waals surface area (Å²) in [7, 11) is 0. The molecule has 0 aliphatic carbocycles. The minimum absolute atomic E-state index is 0.0738. The van der Waals surface area contributed by atoms with E-state index in [1.54, 1.807) is 0 Å². The molecule has 0 atom stereocenters. The summed E-state index contributed by atoms with van der Waals surface area (Å²) < 4.78 is 1.25. The van der Waals surface area contributed by atoms with E-state index in [0.29, 0.717) is 27.5 Å². The van der Waals surface area contributed by atoms with Crippen molar-refractivity contribution in [1.29, 1.82) is 0 Å². The molecule has 1 aromatic carbocycles. The van der Waals surface area contributed by atoms with Crippen molar-refractivity contribution in [3.8, 4) is 0 Å². The van der Waals surface area contributed by atoms with Crippen molar-refractivity contribution in [2.45, 2.75) is 26.3 Å². The zero-order valence-corrected chi connectivity index (χ0v) is 13.0. The molecule has 1 aromatic heterocycles. The maximum Gasteiger partial charge on any atom is 0.261 e. The lowest BCUT2D eigenvalue weighted by atomic mass is 10.2. The summed E-state index contributed by atoms with van der Waals surface area (Å²) in [4.78, 5) is 28.2. The lowest BCUT2D eigenvalue weighted by Gasteiger charge is -2.08. The van der Waals surface area contributed by atoms with Crippen LogP contribution in [0.15, 0.2) is 23.3 Å². The normalized spacial score (nSPS) is 10.8. The van der Waals surface area contributed by atoms with Crippen LogP contribution in [0.25, 0.3) is 10.9 Å². The van der Waals surface area contributed by atoms with Gasteiger partial charge in [0.15, 0.2) is 0 Å². The number of halogens is 2. The Morgan fingerprint density at radius 1 is 1.38 bits per heavy atom. The van der Waals surface area contributed by atoms with E-state index in [1.165, 1.54) is 23.0 Å². The lowest BCUT2D eigenvalue weighted by Crippen LogP contribution is -2.33. The van der Waals surface area contributed by atoms with Crippen LogP contribution in [0.4, 0.5) is 0 Å². The quantitative estimate of drug-likeness (QED) is 0.858. The zero-order chi connectivity index (χ0) is 15.4. The van der Waals surface area contributed by atoms with Crippen LogP contribution in [-0.2, 0) is 11.3 Å². The number of carbonyl (C=O) groups is 1. The van der Waals surface area contributed by atoms with Gasteiger partial charge in [0.2, 0.25) is 5.91 Å². The number of unbranched alkanes of at least 4 members (excludes halogenated alkanes) is 1. The highest BCUT2D eigenvalue weighted by Crippen LogP contribution is 2.23. The van der Waals surface area contributed by atoms with Crippen LogP contribution in [0, 0.1) is 0 Å². The van der Waals surface area contributed by atoms with Gasteiger partial charge in [0.1, 0.15) is 6.54 Å². The number of nitrogens with zero attached hydrogens (tertiary/aromatic N) is 2. The number of amides is 1. The van der Waals surface area contributed by atoms with Crippen LogP contribution in [0.1, 0.15) is 19.8 Å². The van der Waals surface area contributed by atoms with Gasteiger partial charge in [-0.25, -0.2) is 4.98 Å². The summed E-state index contributed by atoms with van der Waals surface area (Å²) in [5.41, 5.74) is 0.0451. The Morgan fingerprint density at radius 2 is 2.14 bits per heavy atom. The van der Waals surface area contributed by atoms with Gasteiger partial charge in [0, 0.05) is 11.6 Å². The van der Waals surface area contributed by atoms with Gasteiger partial charge in [-0.1, -0.05) is 36.5 Å². The third-order valence-corrected chi connectivity index (χ3v) is 3.52. The van der Waals surface area contributed by atoms with E-state index in [0.717, 1.165) is 12.8 Å². The molecule has 21 heavy (non-hydrogen) atoms. The highest BCUT2D eigenvalue weighted by atomic mass is 35.5. The van der Waals surface area contributed by atoms with Crippen LogP contribution < -0.4 is 10.9 Å². The van der Waals surface area contributed by atoms with Crippen LogP contribution in [0.5, 0.6) is 0 Å². The topological polar surface area (TPSA) is 64.0 Å². The maximum atomic E-state index is 12.3. The number of hydrogen-bond donors (Lipinski definition) is 1. The minimum atomic E-state index is -0.338. The van der Waals surface area contributed by atoms with E-state index in [9.17, 15) is 9.59 Å². The molecule has 0 aliphatic heterocycles. The first-order chi connectivity index (χ1) is 10.0. The van der Waals surface area contributed by atoms with Gasteiger partial charge in [-0.2, -0.15) is 0 Å². The molecule has 1 amide bonds. The minimum Gasteiger partial charge on any atom is -0.355 e. The summed E-state index contributed by atoms with van der Waals surface area (Å²) in [5.74, 6) is -0.222. The van der Waals surface area contributed by atoms with Crippen molar-refractivity contribution in [1.82, 2.24) is 14.9 Å². The second-order valence-electron chi connectivity index (χ2n) is 4.66. The van der Waals surface area contributed by atoms with Crippen molar-refractivity contribution in [2.75, 3.05) is 6.54 Å². The predicted octanol–water partition coefficient (Wildman–Crippen LogP) is 2.62. The average Bonchev–Trinajstić information content (AvgIpc) is 2.43. The molecule has 0 unspecified atom stereocenters. The zero-order valence-electron chi connectivity index (χ0n) is 11.5. The Hall–Kier alpha value is -1.59. The lowest BCUT2D eigenvalue weighted by molar-refractivity contribution is -0.121. The van der Waals surface area contributed by atoms with E-state index in [4.69, 9.17) is 23.2 Å². The molecule has 2 aromatic rings. The van der Waals surface area contributed by atoms with Crippen LogP contribution in [0.3, 0.4) is 0 Å². The van der Waals surface area contributed by atoms with Gasteiger partial charge in [0.25, 0.3) is 5.56 Å². The van der Waals surface area contributed by atoms with Crippen molar-refractivity contribution < 1.29 is 4.79 Å².